The zero-order chi connectivity index (χ0) is 17.0. The second-order valence-electron chi connectivity index (χ2n) is 4.97. The van der Waals surface area contributed by atoms with Gasteiger partial charge in [0.2, 0.25) is 0 Å². The summed E-state index contributed by atoms with van der Waals surface area (Å²) >= 11 is 0. The lowest BCUT2D eigenvalue weighted by Gasteiger charge is -2.13. The van der Waals surface area contributed by atoms with E-state index in [1.165, 1.54) is 0 Å². The lowest BCUT2D eigenvalue weighted by atomic mass is 10.2. The van der Waals surface area contributed by atoms with Crippen molar-refractivity contribution in [3.63, 3.8) is 0 Å². The zero-order valence-corrected chi connectivity index (χ0v) is 12.6. The molecule has 0 aliphatic rings. The summed E-state index contributed by atoms with van der Waals surface area (Å²) in [7, 11) is 3.75. The first kappa shape index (κ1) is 16.4. The van der Waals surface area contributed by atoms with Crippen LogP contribution in [0.25, 0.3) is 0 Å². The lowest BCUT2D eigenvalue weighted by molar-refractivity contribution is -0.133. The lowest BCUT2D eigenvalue weighted by Crippen LogP contribution is -2.29. The second kappa shape index (κ2) is 6.87. The maximum Gasteiger partial charge on any atom is 0.314 e. The smallest absolute Gasteiger partial charge is 0.314 e. The molecule has 2 amide bonds. The first-order valence-electron chi connectivity index (χ1n) is 6.71. The van der Waals surface area contributed by atoms with E-state index in [4.69, 9.17) is 0 Å². The Kier molecular flexibility index (Phi) is 4.90. The summed E-state index contributed by atoms with van der Waals surface area (Å²) in [4.78, 5) is 25.4. The highest BCUT2D eigenvalue weighted by molar-refractivity contribution is 6.43. The van der Waals surface area contributed by atoms with Crippen LogP contribution in [-0.4, -0.2) is 25.9 Å². The third-order valence-electron chi connectivity index (χ3n) is 3.03. The van der Waals surface area contributed by atoms with Gasteiger partial charge in [0.25, 0.3) is 0 Å². The van der Waals surface area contributed by atoms with Crippen molar-refractivity contribution in [2.75, 3.05) is 29.6 Å². The maximum atomic E-state index is 13.4. The number of anilines is 3. The molecule has 2 aromatic carbocycles. The van der Waals surface area contributed by atoms with E-state index in [0.717, 1.165) is 17.8 Å². The molecule has 7 heteroatoms. The fourth-order valence-electron chi connectivity index (χ4n) is 1.80. The molecule has 0 aliphatic carbocycles. The third kappa shape index (κ3) is 4.26. The van der Waals surface area contributed by atoms with E-state index in [1.54, 1.807) is 24.3 Å². The molecule has 0 radical (unpaired) electrons. The Hall–Kier alpha value is -2.96. The molecule has 120 valence electrons. The number of amides is 2. The van der Waals surface area contributed by atoms with Crippen molar-refractivity contribution in [3.8, 4) is 0 Å². The molecule has 0 atom stereocenters. The van der Waals surface area contributed by atoms with Crippen LogP contribution in [0.2, 0.25) is 0 Å². The summed E-state index contributed by atoms with van der Waals surface area (Å²) in [6, 6.07) is 9.46. The van der Waals surface area contributed by atoms with Crippen molar-refractivity contribution in [1.29, 1.82) is 0 Å². The number of rotatable bonds is 3. The van der Waals surface area contributed by atoms with Crippen molar-refractivity contribution >= 4 is 28.9 Å². The van der Waals surface area contributed by atoms with Crippen LogP contribution >= 0.6 is 0 Å². The Bertz CT molecular complexity index is 731. The molecule has 0 spiro atoms. The van der Waals surface area contributed by atoms with Crippen LogP contribution in [0.3, 0.4) is 0 Å². The van der Waals surface area contributed by atoms with Crippen LogP contribution in [0, 0.1) is 11.6 Å². The van der Waals surface area contributed by atoms with Crippen LogP contribution < -0.4 is 15.5 Å². The van der Waals surface area contributed by atoms with Crippen LogP contribution in [-0.2, 0) is 9.59 Å². The zero-order valence-electron chi connectivity index (χ0n) is 12.6. The summed E-state index contributed by atoms with van der Waals surface area (Å²) < 4.78 is 26.2. The van der Waals surface area contributed by atoms with Gasteiger partial charge < -0.3 is 15.5 Å². The number of nitrogens with one attached hydrogen (secondary N) is 2. The number of benzene rings is 2. The standard InChI is InChI=1S/C16H15F2N3O2/c1-21(2)12-6-4-11(5-7-12)19-15(22)16(23)20-14-8-3-10(17)9-13(14)18/h3-9H,1-2H3,(H,19,22)(H,20,23). The largest absolute Gasteiger partial charge is 0.378 e. The van der Waals surface area contributed by atoms with Gasteiger partial charge >= 0.3 is 11.8 Å². The topological polar surface area (TPSA) is 61.4 Å². The number of halogens is 2. The van der Waals surface area contributed by atoms with Gasteiger partial charge in [-0.3, -0.25) is 9.59 Å². The molecule has 0 saturated carbocycles. The fraction of sp³-hybridized carbons (Fsp3) is 0.125. The molecule has 0 saturated heterocycles. The maximum absolute atomic E-state index is 13.4. The highest BCUT2D eigenvalue weighted by Crippen LogP contribution is 2.17. The number of nitrogens with zero attached hydrogens (tertiary/aromatic N) is 1. The van der Waals surface area contributed by atoms with Crippen molar-refractivity contribution < 1.29 is 18.4 Å². The molecule has 0 unspecified atom stereocenters. The minimum Gasteiger partial charge on any atom is -0.378 e. The molecular formula is C16H15F2N3O2. The van der Waals surface area contributed by atoms with Crippen LogP contribution in [0.5, 0.6) is 0 Å². The normalized spacial score (nSPS) is 10.1. The number of carbonyl (C=O) groups is 2. The van der Waals surface area contributed by atoms with Gasteiger partial charge in [-0.15, -0.1) is 0 Å². The minimum absolute atomic E-state index is 0.269. The van der Waals surface area contributed by atoms with Gasteiger partial charge in [-0.2, -0.15) is 0 Å². The van der Waals surface area contributed by atoms with E-state index in [1.807, 2.05) is 19.0 Å². The highest BCUT2D eigenvalue weighted by Gasteiger charge is 2.16. The van der Waals surface area contributed by atoms with Gasteiger partial charge in [0.1, 0.15) is 11.6 Å². The van der Waals surface area contributed by atoms with Crippen molar-refractivity contribution in [3.05, 3.63) is 54.1 Å². The second-order valence-corrected chi connectivity index (χ2v) is 4.97. The summed E-state index contributed by atoms with van der Waals surface area (Å²) in [6.07, 6.45) is 0. The van der Waals surface area contributed by atoms with Gasteiger partial charge in [0.05, 0.1) is 5.69 Å². The quantitative estimate of drug-likeness (QED) is 0.855. The van der Waals surface area contributed by atoms with E-state index >= 15 is 0 Å². The van der Waals surface area contributed by atoms with Crippen molar-refractivity contribution in [2.45, 2.75) is 0 Å². The molecular weight excluding hydrogens is 304 g/mol. The van der Waals surface area contributed by atoms with E-state index in [-0.39, 0.29) is 5.69 Å². The minimum atomic E-state index is -1.05. The predicted molar refractivity (Wildman–Crippen MR) is 84.4 cm³/mol. The fourth-order valence-corrected chi connectivity index (χ4v) is 1.80. The summed E-state index contributed by atoms with van der Waals surface area (Å²) in [5.41, 5.74) is 1.09. The van der Waals surface area contributed by atoms with Gasteiger partial charge in [-0.1, -0.05) is 0 Å². The van der Waals surface area contributed by atoms with Gasteiger partial charge in [0, 0.05) is 31.5 Å². The molecule has 0 fully saturated rings. The van der Waals surface area contributed by atoms with E-state index < -0.39 is 23.4 Å². The monoisotopic (exact) mass is 319 g/mol. The van der Waals surface area contributed by atoms with Crippen LogP contribution in [0.4, 0.5) is 25.8 Å². The molecule has 5 nitrogen and oxygen atoms in total. The number of hydrogen-bond donors (Lipinski definition) is 2. The number of carbonyl (C=O) groups excluding carboxylic acids is 2. The Morgan fingerprint density at radius 1 is 0.913 bits per heavy atom. The van der Waals surface area contributed by atoms with Gasteiger partial charge in [-0.25, -0.2) is 8.78 Å². The molecule has 0 bridgehead atoms. The Labute approximate surface area is 131 Å². The van der Waals surface area contributed by atoms with E-state index in [0.29, 0.717) is 11.8 Å². The molecule has 2 aromatic rings. The highest BCUT2D eigenvalue weighted by atomic mass is 19.1. The van der Waals surface area contributed by atoms with Crippen molar-refractivity contribution in [2.24, 2.45) is 0 Å². The molecule has 2 rings (SSSR count). The average Bonchev–Trinajstić information content (AvgIpc) is 2.50. The molecule has 23 heavy (non-hydrogen) atoms. The molecule has 0 aromatic heterocycles. The summed E-state index contributed by atoms with van der Waals surface area (Å²) in [5, 5.41) is 4.48. The third-order valence-corrected chi connectivity index (χ3v) is 3.03. The van der Waals surface area contributed by atoms with Crippen LogP contribution in [0.1, 0.15) is 0 Å². The van der Waals surface area contributed by atoms with Crippen LogP contribution in [0.15, 0.2) is 42.5 Å². The predicted octanol–water partition coefficient (Wildman–Crippen LogP) is 2.61. The molecule has 2 N–H and O–H groups in total. The van der Waals surface area contributed by atoms with Gasteiger partial charge in [-0.05, 0) is 36.4 Å². The van der Waals surface area contributed by atoms with Gasteiger partial charge in [0.15, 0.2) is 0 Å². The molecule has 0 aliphatic heterocycles. The molecule has 0 heterocycles. The first-order chi connectivity index (χ1) is 10.9. The number of hydrogen-bond acceptors (Lipinski definition) is 3. The Balaban J connectivity index is 2.01. The SMILES string of the molecule is CN(C)c1ccc(NC(=O)C(=O)Nc2ccc(F)cc2F)cc1. The summed E-state index contributed by atoms with van der Waals surface area (Å²) in [5.74, 6) is -3.73. The van der Waals surface area contributed by atoms with E-state index in [2.05, 4.69) is 10.6 Å². The summed E-state index contributed by atoms with van der Waals surface area (Å²) in [6.45, 7) is 0. The average molecular weight is 319 g/mol. The Morgan fingerprint density at radius 3 is 2.09 bits per heavy atom. The first-order valence-corrected chi connectivity index (χ1v) is 6.71. The van der Waals surface area contributed by atoms with E-state index in [9.17, 15) is 18.4 Å². The van der Waals surface area contributed by atoms with Crippen molar-refractivity contribution in [1.82, 2.24) is 0 Å². The Morgan fingerprint density at radius 2 is 1.52 bits per heavy atom.